The van der Waals surface area contributed by atoms with Gasteiger partial charge in [-0.2, -0.15) is 0 Å². The molecule has 0 aliphatic rings. The number of hydrogen-bond donors (Lipinski definition) is 0. The first-order valence-corrected chi connectivity index (χ1v) is 9.38. The van der Waals surface area contributed by atoms with Crippen molar-refractivity contribution in [2.75, 3.05) is 7.11 Å². The minimum atomic E-state index is -0.295. The molecule has 0 radical (unpaired) electrons. The van der Waals surface area contributed by atoms with Gasteiger partial charge < -0.3 is 9.47 Å². The van der Waals surface area contributed by atoms with E-state index in [4.69, 9.17) is 9.47 Å². The van der Waals surface area contributed by atoms with Crippen LogP contribution >= 0.6 is 11.3 Å². The maximum absolute atomic E-state index is 12.1. The molecule has 0 bridgehead atoms. The zero-order valence-corrected chi connectivity index (χ0v) is 15.7. The third-order valence-electron chi connectivity index (χ3n) is 4.07. The number of esters is 1. The third kappa shape index (κ3) is 4.49. The molecule has 5 heteroatoms. The number of thiazole rings is 1. The Bertz CT molecular complexity index is 871. The van der Waals surface area contributed by atoms with E-state index in [1.807, 2.05) is 29.6 Å². The van der Waals surface area contributed by atoms with Crippen molar-refractivity contribution in [1.29, 1.82) is 0 Å². The van der Waals surface area contributed by atoms with E-state index >= 15 is 0 Å². The fraction of sp³-hybridized carbons (Fsp3) is 0.238. The molecule has 0 saturated carbocycles. The Morgan fingerprint density at radius 2 is 1.88 bits per heavy atom. The lowest BCUT2D eigenvalue weighted by Crippen LogP contribution is -2.09. The van der Waals surface area contributed by atoms with Crippen molar-refractivity contribution < 1.29 is 14.3 Å². The average molecular weight is 367 g/mol. The molecular formula is C21H21NO3S. The smallest absolute Gasteiger partial charge is 0.310 e. The SMILES string of the molecule is CCc1ccc(-c2nc(COC(=O)Cc3ccccc3OC)cs2)cc1. The van der Waals surface area contributed by atoms with Crippen LogP contribution in [0.1, 0.15) is 23.7 Å². The number of aromatic nitrogens is 1. The number of ether oxygens (including phenoxy) is 2. The Balaban J connectivity index is 1.58. The number of methoxy groups -OCH3 is 1. The Labute approximate surface area is 157 Å². The van der Waals surface area contributed by atoms with Crippen LogP contribution in [0, 0.1) is 0 Å². The molecule has 1 aromatic heterocycles. The number of aryl methyl sites for hydroxylation is 1. The lowest BCUT2D eigenvalue weighted by molar-refractivity contribution is -0.144. The van der Waals surface area contributed by atoms with Crippen LogP contribution < -0.4 is 4.74 Å². The van der Waals surface area contributed by atoms with Crippen LogP contribution in [0.2, 0.25) is 0 Å². The molecule has 0 spiro atoms. The second-order valence-corrected chi connectivity index (χ2v) is 6.70. The lowest BCUT2D eigenvalue weighted by atomic mass is 10.1. The molecular weight excluding hydrogens is 346 g/mol. The van der Waals surface area contributed by atoms with Crippen molar-refractivity contribution in [3.8, 4) is 16.3 Å². The minimum absolute atomic E-state index is 0.178. The van der Waals surface area contributed by atoms with Crippen molar-refractivity contribution in [3.63, 3.8) is 0 Å². The summed E-state index contributed by atoms with van der Waals surface area (Å²) >= 11 is 1.56. The van der Waals surface area contributed by atoms with Crippen LogP contribution in [0.4, 0.5) is 0 Å². The summed E-state index contributed by atoms with van der Waals surface area (Å²) in [5, 5.41) is 2.86. The first kappa shape index (κ1) is 18.1. The van der Waals surface area contributed by atoms with Gasteiger partial charge in [0.05, 0.1) is 19.2 Å². The number of para-hydroxylation sites is 1. The predicted octanol–water partition coefficient (Wildman–Crippen LogP) is 4.67. The fourth-order valence-corrected chi connectivity index (χ4v) is 3.41. The van der Waals surface area contributed by atoms with Gasteiger partial charge in [-0.15, -0.1) is 11.3 Å². The summed E-state index contributed by atoms with van der Waals surface area (Å²) in [5.41, 5.74) is 3.96. The molecule has 0 aliphatic carbocycles. The van der Waals surface area contributed by atoms with Crippen molar-refractivity contribution in [3.05, 3.63) is 70.7 Å². The molecule has 0 unspecified atom stereocenters. The largest absolute Gasteiger partial charge is 0.496 e. The van der Waals surface area contributed by atoms with Gasteiger partial charge in [-0.3, -0.25) is 4.79 Å². The second-order valence-electron chi connectivity index (χ2n) is 5.84. The van der Waals surface area contributed by atoms with E-state index in [1.165, 1.54) is 5.56 Å². The van der Waals surface area contributed by atoms with Crippen LogP contribution in [0.3, 0.4) is 0 Å². The summed E-state index contributed by atoms with van der Waals surface area (Å²) < 4.78 is 10.6. The molecule has 0 atom stereocenters. The zero-order valence-electron chi connectivity index (χ0n) is 14.9. The maximum atomic E-state index is 12.1. The molecule has 0 fully saturated rings. The monoisotopic (exact) mass is 367 g/mol. The van der Waals surface area contributed by atoms with Crippen LogP contribution in [0.15, 0.2) is 53.9 Å². The molecule has 2 aromatic carbocycles. The van der Waals surface area contributed by atoms with Gasteiger partial charge in [0, 0.05) is 16.5 Å². The van der Waals surface area contributed by atoms with Gasteiger partial charge in [-0.05, 0) is 18.1 Å². The molecule has 0 amide bonds. The van der Waals surface area contributed by atoms with E-state index in [0.717, 1.165) is 28.2 Å². The van der Waals surface area contributed by atoms with E-state index in [9.17, 15) is 4.79 Å². The van der Waals surface area contributed by atoms with Gasteiger partial charge in [-0.1, -0.05) is 49.4 Å². The molecule has 1 heterocycles. The van der Waals surface area contributed by atoms with E-state index in [-0.39, 0.29) is 19.0 Å². The summed E-state index contributed by atoms with van der Waals surface area (Å²) in [7, 11) is 1.59. The second kappa shape index (κ2) is 8.63. The van der Waals surface area contributed by atoms with Gasteiger partial charge in [0.15, 0.2) is 0 Å². The molecule has 0 N–H and O–H groups in total. The van der Waals surface area contributed by atoms with E-state index in [1.54, 1.807) is 18.4 Å². The highest BCUT2D eigenvalue weighted by atomic mass is 32.1. The maximum Gasteiger partial charge on any atom is 0.310 e. The summed E-state index contributed by atoms with van der Waals surface area (Å²) in [6.07, 6.45) is 1.20. The Hall–Kier alpha value is -2.66. The fourth-order valence-electron chi connectivity index (χ4n) is 2.60. The highest BCUT2D eigenvalue weighted by Gasteiger charge is 2.11. The van der Waals surface area contributed by atoms with Crippen molar-refractivity contribution in [2.24, 2.45) is 0 Å². The number of carbonyl (C=O) groups is 1. The number of rotatable bonds is 7. The van der Waals surface area contributed by atoms with Crippen LogP contribution in [-0.2, 0) is 29.0 Å². The molecule has 0 saturated heterocycles. The molecule has 134 valence electrons. The average Bonchev–Trinajstić information content (AvgIpc) is 3.16. The summed E-state index contributed by atoms with van der Waals surface area (Å²) in [6, 6.07) is 15.8. The quantitative estimate of drug-likeness (QED) is 0.570. The third-order valence-corrected chi connectivity index (χ3v) is 5.01. The minimum Gasteiger partial charge on any atom is -0.496 e. The van der Waals surface area contributed by atoms with Crippen LogP contribution in [0.5, 0.6) is 5.75 Å². The highest BCUT2D eigenvalue weighted by molar-refractivity contribution is 7.13. The number of hydrogen-bond acceptors (Lipinski definition) is 5. The van der Waals surface area contributed by atoms with Crippen LogP contribution in [0.25, 0.3) is 10.6 Å². The standard InChI is InChI=1S/C21H21NO3S/c1-3-15-8-10-16(11-9-15)21-22-18(14-26-21)13-25-20(23)12-17-6-4-5-7-19(17)24-2/h4-11,14H,3,12-13H2,1-2H3. The summed E-state index contributed by atoms with van der Waals surface area (Å²) in [5.74, 6) is 0.396. The normalized spacial score (nSPS) is 10.5. The first-order chi connectivity index (χ1) is 12.7. The van der Waals surface area contributed by atoms with Gasteiger partial charge in [0.2, 0.25) is 0 Å². The molecule has 4 nitrogen and oxygen atoms in total. The Kier molecular flexibility index (Phi) is 6.02. The van der Waals surface area contributed by atoms with Gasteiger partial charge >= 0.3 is 5.97 Å². The van der Waals surface area contributed by atoms with Gasteiger partial charge in [0.1, 0.15) is 17.4 Å². The molecule has 3 rings (SSSR count). The Morgan fingerprint density at radius 3 is 2.62 bits per heavy atom. The first-order valence-electron chi connectivity index (χ1n) is 8.51. The van der Waals surface area contributed by atoms with Gasteiger partial charge in [-0.25, -0.2) is 4.98 Å². The zero-order chi connectivity index (χ0) is 18.4. The Morgan fingerprint density at radius 1 is 1.12 bits per heavy atom. The van der Waals surface area contributed by atoms with Crippen molar-refractivity contribution in [2.45, 2.75) is 26.4 Å². The summed E-state index contributed by atoms with van der Waals surface area (Å²) in [4.78, 5) is 16.7. The number of benzene rings is 2. The molecule has 0 aliphatic heterocycles. The topological polar surface area (TPSA) is 48.4 Å². The summed E-state index contributed by atoms with van der Waals surface area (Å²) in [6.45, 7) is 2.31. The van der Waals surface area contributed by atoms with E-state index < -0.39 is 0 Å². The predicted molar refractivity (Wildman–Crippen MR) is 103 cm³/mol. The highest BCUT2D eigenvalue weighted by Crippen LogP contribution is 2.25. The molecule has 3 aromatic rings. The number of nitrogens with zero attached hydrogens (tertiary/aromatic N) is 1. The van der Waals surface area contributed by atoms with E-state index in [2.05, 4.69) is 36.2 Å². The van der Waals surface area contributed by atoms with Crippen molar-refractivity contribution in [1.82, 2.24) is 4.98 Å². The van der Waals surface area contributed by atoms with E-state index in [0.29, 0.717) is 5.75 Å². The number of carbonyl (C=O) groups excluding carboxylic acids is 1. The lowest BCUT2D eigenvalue weighted by Gasteiger charge is -2.07. The van der Waals surface area contributed by atoms with Crippen molar-refractivity contribution >= 4 is 17.3 Å². The van der Waals surface area contributed by atoms with Crippen LogP contribution in [-0.4, -0.2) is 18.1 Å². The van der Waals surface area contributed by atoms with Gasteiger partial charge in [0.25, 0.3) is 0 Å². The molecule has 26 heavy (non-hydrogen) atoms.